The van der Waals surface area contributed by atoms with Crippen molar-refractivity contribution in [3.8, 4) is 5.75 Å². The van der Waals surface area contributed by atoms with Gasteiger partial charge in [-0.05, 0) is 38.1 Å². The van der Waals surface area contributed by atoms with Crippen LogP contribution in [-0.2, 0) is 4.79 Å². The Labute approximate surface area is 156 Å². The maximum atomic E-state index is 13.1. The molecule has 0 saturated carbocycles. The number of hydrazone groups is 1. The number of hydrogen-bond acceptors (Lipinski definition) is 5. The molecule has 0 aromatic heterocycles. The Kier molecular flexibility index (Phi) is 4.20. The van der Waals surface area contributed by atoms with Gasteiger partial charge in [0, 0.05) is 17.5 Å². The standard InChI is InChI=1S/C20H19N3O2S/c1-4-22-16-12-15(25-3)10-11-17(16)26-20(22)18-13(2)21-23(19(18)24)14-8-6-5-7-9-14/h5-12H,4H2,1-3H3. The monoisotopic (exact) mass is 365 g/mol. The second-order valence-electron chi connectivity index (χ2n) is 6.00. The molecule has 5 nitrogen and oxygen atoms in total. The van der Waals surface area contributed by atoms with Crippen LogP contribution in [0.1, 0.15) is 13.8 Å². The number of methoxy groups -OCH3 is 1. The summed E-state index contributed by atoms with van der Waals surface area (Å²) in [7, 11) is 1.66. The van der Waals surface area contributed by atoms with E-state index in [0.29, 0.717) is 5.57 Å². The summed E-state index contributed by atoms with van der Waals surface area (Å²) in [4.78, 5) is 16.4. The molecule has 0 unspecified atom stereocenters. The number of thioether (sulfide) groups is 1. The van der Waals surface area contributed by atoms with Crippen molar-refractivity contribution < 1.29 is 9.53 Å². The highest BCUT2D eigenvalue weighted by Crippen LogP contribution is 2.49. The summed E-state index contributed by atoms with van der Waals surface area (Å²) in [5, 5.41) is 6.92. The fraction of sp³-hybridized carbons (Fsp3) is 0.200. The number of carbonyl (C=O) groups excluding carboxylic acids is 1. The van der Waals surface area contributed by atoms with E-state index >= 15 is 0 Å². The summed E-state index contributed by atoms with van der Waals surface area (Å²) in [6.07, 6.45) is 0. The van der Waals surface area contributed by atoms with Crippen molar-refractivity contribution in [2.75, 3.05) is 23.6 Å². The lowest BCUT2D eigenvalue weighted by Gasteiger charge is -2.20. The third-order valence-electron chi connectivity index (χ3n) is 4.46. The molecule has 26 heavy (non-hydrogen) atoms. The van der Waals surface area contributed by atoms with Crippen LogP contribution in [0.15, 0.2) is 69.1 Å². The SMILES string of the molecule is CCN1C(=C2C(=O)N(c3ccccc3)N=C2C)Sc2ccc(OC)cc21. The van der Waals surface area contributed by atoms with Gasteiger partial charge in [-0.25, -0.2) is 0 Å². The van der Waals surface area contributed by atoms with Crippen molar-refractivity contribution in [2.45, 2.75) is 18.7 Å². The predicted molar refractivity (Wildman–Crippen MR) is 106 cm³/mol. The highest BCUT2D eigenvalue weighted by molar-refractivity contribution is 8.03. The van der Waals surface area contributed by atoms with Gasteiger partial charge in [0.1, 0.15) is 5.75 Å². The Hall–Kier alpha value is -2.73. The Morgan fingerprint density at radius 1 is 1.15 bits per heavy atom. The van der Waals surface area contributed by atoms with Gasteiger partial charge in [-0.15, -0.1) is 0 Å². The van der Waals surface area contributed by atoms with Gasteiger partial charge in [-0.3, -0.25) is 4.79 Å². The molecule has 2 heterocycles. The van der Waals surface area contributed by atoms with E-state index in [4.69, 9.17) is 4.74 Å². The van der Waals surface area contributed by atoms with Crippen molar-refractivity contribution in [1.29, 1.82) is 0 Å². The van der Waals surface area contributed by atoms with Gasteiger partial charge in [-0.1, -0.05) is 30.0 Å². The highest BCUT2D eigenvalue weighted by Gasteiger charge is 2.37. The molecule has 4 rings (SSSR count). The van der Waals surface area contributed by atoms with Crippen LogP contribution in [0.2, 0.25) is 0 Å². The molecule has 2 aromatic rings. The van der Waals surface area contributed by atoms with Gasteiger partial charge >= 0.3 is 0 Å². The van der Waals surface area contributed by atoms with Gasteiger partial charge in [0.15, 0.2) is 0 Å². The maximum Gasteiger partial charge on any atom is 0.283 e. The van der Waals surface area contributed by atoms with Crippen molar-refractivity contribution in [3.05, 3.63) is 59.1 Å². The number of para-hydroxylation sites is 1. The Morgan fingerprint density at radius 2 is 1.92 bits per heavy atom. The van der Waals surface area contributed by atoms with E-state index < -0.39 is 0 Å². The van der Waals surface area contributed by atoms with Crippen molar-refractivity contribution in [2.24, 2.45) is 5.10 Å². The minimum atomic E-state index is -0.0885. The highest BCUT2D eigenvalue weighted by atomic mass is 32.2. The first-order chi connectivity index (χ1) is 12.6. The fourth-order valence-corrected chi connectivity index (χ4v) is 4.48. The maximum absolute atomic E-state index is 13.1. The van der Waals surface area contributed by atoms with Crippen LogP contribution < -0.4 is 14.6 Å². The molecule has 0 radical (unpaired) electrons. The van der Waals surface area contributed by atoms with Gasteiger partial charge in [0.05, 0.1) is 34.8 Å². The van der Waals surface area contributed by atoms with E-state index in [1.165, 1.54) is 5.01 Å². The zero-order valence-electron chi connectivity index (χ0n) is 14.9. The first-order valence-electron chi connectivity index (χ1n) is 8.46. The Morgan fingerprint density at radius 3 is 2.62 bits per heavy atom. The van der Waals surface area contributed by atoms with Crippen LogP contribution >= 0.6 is 11.8 Å². The predicted octanol–water partition coefficient (Wildman–Crippen LogP) is 4.26. The second-order valence-corrected chi connectivity index (χ2v) is 7.03. The molecule has 0 fully saturated rings. The molecular weight excluding hydrogens is 346 g/mol. The molecule has 2 aliphatic heterocycles. The van der Waals surface area contributed by atoms with E-state index in [9.17, 15) is 4.79 Å². The first kappa shape index (κ1) is 16.7. The van der Waals surface area contributed by atoms with E-state index in [0.717, 1.165) is 39.3 Å². The normalized spacial score (nSPS) is 19.0. The number of benzene rings is 2. The lowest BCUT2D eigenvalue weighted by atomic mass is 10.1. The molecular formula is C20H19N3O2S. The summed E-state index contributed by atoms with van der Waals surface area (Å²) in [5.41, 5.74) is 3.24. The molecule has 2 aliphatic rings. The fourth-order valence-electron chi connectivity index (χ4n) is 3.19. The zero-order valence-corrected chi connectivity index (χ0v) is 15.7. The number of amides is 1. The zero-order chi connectivity index (χ0) is 18.3. The van der Waals surface area contributed by atoms with Gasteiger partial charge in [-0.2, -0.15) is 10.1 Å². The number of hydrogen-bond donors (Lipinski definition) is 0. The number of nitrogens with zero attached hydrogens (tertiary/aromatic N) is 3. The Bertz CT molecular complexity index is 937. The summed E-state index contributed by atoms with van der Waals surface area (Å²) in [5.74, 6) is 0.720. The molecule has 0 N–H and O–H groups in total. The van der Waals surface area contributed by atoms with Crippen LogP contribution in [0.3, 0.4) is 0 Å². The molecule has 6 heteroatoms. The number of anilines is 2. The van der Waals surface area contributed by atoms with Crippen molar-refractivity contribution in [3.63, 3.8) is 0 Å². The quantitative estimate of drug-likeness (QED) is 0.763. The third-order valence-corrected chi connectivity index (χ3v) is 5.64. The summed E-state index contributed by atoms with van der Waals surface area (Å²) in [6, 6.07) is 15.5. The van der Waals surface area contributed by atoms with E-state index in [1.807, 2.05) is 55.5 Å². The minimum Gasteiger partial charge on any atom is -0.497 e. The van der Waals surface area contributed by atoms with Gasteiger partial charge < -0.3 is 9.64 Å². The van der Waals surface area contributed by atoms with Crippen LogP contribution in [0.4, 0.5) is 11.4 Å². The van der Waals surface area contributed by atoms with Crippen LogP contribution in [0.25, 0.3) is 0 Å². The lowest BCUT2D eigenvalue weighted by Crippen LogP contribution is -2.26. The molecule has 132 valence electrons. The molecule has 0 spiro atoms. The average Bonchev–Trinajstić information content (AvgIpc) is 3.17. The smallest absolute Gasteiger partial charge is 0.283 e. The largest absolute Gasteiger partial charge is 0.497 e. The van der Waals surface area contributed by atoms with E-state index in [2.05, 4.69) is 16.9 Å². The topological polar surface area (TPSA) is 45.1 Å². The van der Waals surface area contributed by atoms with Crippen LogP contribution in [0.5, 0.6) is 5.75 Å². The number of ether oxygens (including phenoxy) is 1. The summed E-state index contributed by atoms with van der Waals surface area (Å²) >= 11 is 1.61. The second kappa shape index (κ2) is 6.53. The van der Waals surface area contributed by atoms with Crippen LogP contribution in [0, 0.1) is 0 Å². The van der Waals surface area contributed by atoms with Gasteiger partial charge in [0.25, 0.3) is 5.91 Å². The summed E-state index contributed by atoms with van der Waals surface area (Å²) < 4.78 is 5.36. The molecule has 2 aromatic carbocycles. The van der Waals surface area contributed by atoms with E-state index in [-0.39, 0.29) is 5.91 Å². The van der Waals surface area contributed by atoms with E-state index in [1.54, 1.807) is 18.9 Å². The van der Waals surface area contributed by atoms with Crippen LogP contribution in [-0.4, -0.2) is 25.3 Å². The molecule has 0 saturated heterocycles. The number of rotatable bonds is 3. The van der Waals surface area contributed by atoms with Crippen molar-refractivity contribution in [1.82, 2.24) is 0 Å². The molecule has 0 aliphatic carbocycles. The Balaban J connectivity index is 1.77. The third kappa shape index (κ3) is 2.57. The molecule has 0 bridgehead atoms. The minimum absolute atomic E-state index is 0.0885. The number of fused-ring (bicyclic) bond motifs is 1. The van der Waals surface area contributed by atoms with Gasteiger partial charge in [0.2, 0.25) is 0 Å². The van der Waals surface area contributed by atoms with Crippen molar-refractivity contribution >= 4 is 34.8 Å². The first-order valence-corrected chi connectivity index (χ1v) is 9.28. The molecule has 0 atom stereocenters. The lowest BCUT2D eigenvalue weighted by molar-refractivity contribution is -0.114. The summed E-state index contributed by atoms with van der Waals surface area (Å²) in [6.45, 7) is 4.73. The molecule has 1 amide bonds. The average molecular weight is 365 g/mol. The number of carbonyl (C=O) groups is 1.